The number of aromatic carboxylic acids is 1. The van der Waals surface area contributed by atoms with Gasteiger partial charge in [-0.2, -0.15) is 0 Å². The molecule has 0 aliphatic carbocycles. The van der Waals surface area contributed by atoms with E-state index < -0.39 is 5.97 Å². The van der Waals surface area contributed by atoms with Crippen molar-refractivity contribution in [3.8, 4) is 22.8 Å². The zero-order valence-corrected chi connectivity index (χ0v) is 10.9. The molecule has 2 heterocycles. The lowest BCUT2D eigenvalue weighted by Crippen LogP contribution is -1.98. The standard InChI is InChI=1S/C14H11NO6/c16-7-8-2-3-9(10-6-11(14(17)18)21-15-10)13-12(8)19-4-1-5-20-13/h2-3,6-7H,1,4-5H2,(H,17,18). The number of rotatable bonds is 3. The highest BCUT2D eigenvalue weighted by Crippen LogP contribution is 2.41. The molecule has 108 valence electrons. The molecule has 0 bridgehead atoms. The van der Waals surface area contributed by atoms with Crippen molar-refractivity contribution in [3.05, 3.63) is 29.5 Å². The fourth-order valence-corrected chi connectivity index (χ4v) is 2.07. The monoisotopic (exact) mass is 289 g/mol. The van der Waals surface area contributed by atoms with Crippen LogP contribution in [0.4, 0.5) is 0 Å². The van der Waals surface area contributed by atoms with Crippen LogP contribution < -0.4 is 9.47 Å². The lowest BCUT2D eigenvalue weighted by atomic mass is 10.1. The van der Waals surface area contributed by atoms with Gasteiger partial charge in [-0.05, 0) is 12.1 Å². The first-order chi connectivity index (χ1) is 10.2. The minimum Gasteiger partial charge on any atom is -0.489 e. The van der Waals surface area contributed by atoms with Crippen molar-refractivity contribution in [2.45, 2.75) is 6.42 Å². The van der Waals surface area contributed by atoms with Gasteiger partial charge in [0.15, 0.2) is 17.8 Å². The normalized spacial score (nSPS) is 13.5. The summed E-state index contributed by atoms with van der Waals surface area (Å²) in [4.78, 5) is 21.9. The molecule has 0 fully saturated rings. The summed E-state index contributed by atoms with van der Waals surface area (Å²) in [6.45, 7) is 0.877. The second-order valence-corrected chi connectivity index (χ2v) is 4.41. The molecule has 2 aromatic rings. The summed E-state index contributed by atoms with van der Waals surface area (Å²) in [7, 11) is 0. The number of aldehydes is 1. The van der Waals surface area contributed by atoms with Crippen LogP contribution in [0.1, 0.15) is 27.3 Å². The molecule has 7 nitrogen and oxygen atoms in total. The Balaban J connectivity index is 2.13. The third-order valence-electron chi connectivity index (χ3n) is 3.05. The Morgan fingerprint density at radius 1 is 1.24 bits per heavy atom. The number of carboxylic acid groups (broad SMARTS) is 1. The van der Waals surface area contributed by atoms with Gasteiger partial charge in [0.1, 0.15) is 5.69 Å². The van der Waals surface area contributed by atoms with E-state index in [2.05, 4.69) is 5.16 Å². The number of carboxylic acids is 1. The summed E-state index contributed by atoms with van der Waals surface area (Å²) in [5.74, 6) is -0.753. The van der Waals surface area contributed by atoms with Crippen molar-refractivity contribution in [1.82, 2.24) is 5.16 Å². The molecule has 1 aromatic heterocycles. The number of hydrogen-bond acceptors (Lipinski definition) is 6. The number of carbonyl (C=O) groups is 2. The smallest absolute Gasteiger partial charge is 0.374 e. The van der Waals surface area contributed by atoms with E-state index >= 15 is 0 Å². The molecule has 1 aliphatic heterocycles. The molecule has 21 heavy (non-hydrogen) atoms. The topological polar surface area (TPSA) is 98.9 Å². The zero-order valence-electron chi connectivity index (χ0n) is 10.9. The molecule has 0 amide bonds. The Bertz CT molecular complexity index is 705. The average molecular weight is 289 g/mol. The average Bonchev–Trinajstić information content (AvgIpc) is 2.84. The maximum Gasteiger partial charge on any atom is 0.374 e. The summed E-state index contributed by atoms with van der Waals surface area (Å²) in [6, 6.07) is 4.50. The van der Waals surface area contributed by atoms with E-state index in [1.807, 2.05) is 0 Å². The van der Waals surface area contributed by atoms with Gasteiger partial charge in [0.25, 0.3) is 0 Å². The molecule has 0 saturated heterocycles. The van der Waals surface area contributed by atoms with Crippen LogP contribution in [-0.2, 0) is 0 Å². The van der Waals surface area contributed by atoms with E-state index in [1.54, 1.807) is 12.1 Å². The van der Waals surface area contributed by atoms with E-state index in [-0.39, 0.29) is 5.76 Å². The highest BCUT2D eigenvalue weighted by molar-refractivity contribution is 5.88. The summed E-state index contributed by atoms with van der Waals surface area (Å²) >= 11 is 0. The van der Waals surface area contributed by atoms with Gasteiger partial charge in [0.2, 0.25) is 5.76 Å². The van der Waals surface area contributed by atoms with Crippen LogP contribution in [0.2, 0.25) is 0 Å². The fraction of sp³-hybridized carbons (Fsp3) is 0.214. The molecule has 1 N–H and O–H groups in total. The van der Waals surface area contributed by atoms with Gasteiger partial charge in [0.05, 0.1) is 18.8 Å². The first-order valence-electron chi connectivity index (χ1n) is 6.29. The van der Waals surface area contributed by atoms with Crippen LogP contribution in [0.25, 0.3) is 11.3 Å². The van der Waals surface area contributed by atoms with Crippen molar-refractivity contribution in [2.75, 3.05) is 13.2 Å². The predicted octanol–water partition coefficient (Wildman–Crippen LogP) is 2.01. The minimum absolute atomic E-state index is 0.271. The highest BCUT2D eigenvalue weighted by Gasteiger charge is 2.22. The molecule has 0 atom stereocenters. The van der Waals surface area contributed by atoms with E-state index in [9.17, 15) is 9.59 Å². The number of aromatic nitrogens is 1. The van der Waals surface area contributed by atoms with Crippen LogP contribution >= 0.6 is 0 Å². The van der Waals surface area contributed by atoms with Gasteiger partial charge in [-0.1, -0.05) is 5.16 Å². The SMILES string of the molecule is O=Cc1ccc(-c2cc(C(=O)O)on2)c2c1OCCCO2. The van der Waals surface area contributed by atoms with Crippen LogP contribution in [0.15, 0.2) is 22.7 Å². The van der Waals surface area contributed by atoms with Crippen LogP contribution in [0.5, 0.6) is 11.5 Å². The van der Waals surface area contributed by atoms with E-state index in [1.165, 1.54) is 6.07 Å². The summed E-state index contributed by atoms with van der Waals surface area (Å²) in [5.41, 5.74) is 1.21. The molecule has 3 rings (SSSR count). The summed E-state index contributed by atoms with van der Waals surface area (Å²) in [6.07, 6.45) is 1.37. The molecule has 7 heteroatoms. The lowest BCUT2D eigenvalue weighted by Gasteiger charge is -2.12. The first-order valence-corrected chi connectivity index (χ1v) is 6.29. The Kier molecular flexibility index (Phi) is 3.31. The zero-order chi connectivity index (χ0) is 14.8. The highest BCUT2D eigenvalue weighted by atomic mass is 16.5. The van der Waals surface area contributed by atoms with Gasteiger partial charge in [-0.15, -0.1) is 0 Å². The quantitative estimate of drug-likeness (QED) is 0.863. The third kappa shape index (κ3) is 2.33. The maximum atomic E-state index is 11.1. The summed E-state index contributed by atoms with van der Waals surface area (Å²) < 4.78 is 15.9. The molecule has 1 aliphatic rings. The molecule has 1 aromatic carbocycles. The Morgan fingerprint density at radius 3 is 2.67 bits per heavy atom. The van der Waals surface area contributed by atoms with Crippen molar-refractivity contribution in [3.63, 3.8) is 0 Å². The fourth-order valence-electron chi connectivity index (χ4n) is 2.07. The molecule has 0 unspecified atom stereocenters. The number of nitrogens with zero attached hydrogens (tertiary/aromatic N) is 1. The van der Waals surface area contributed by atoms with Crippen LogP contribution in [0.3, 0.4) is 0 Å². The number of carbonyl (C=O) groups excluding carboxylic acids is 1. The Hall–Kier alpha value is -2.83. The summed E-state index contributed by atoms with van der Waals surface area (Å²) in [5, 5.41) is 12.6. The largest absolute Gasteiger partial charge is 0.489 e. The number of hydrogen-bond donors (Lipinski definition) is 1. The van der Waals surface area contributed by atoms with Gasteiger partial charge < -0.3 is 19.1 Å². The lowest BCUT2D eigenvalue weighted by molar-refractivity contribution is 0.0652. The van der Waals surface area contributed by atoms with E-state index in [0.717, 1.165) is 0 Å². The third-order valence-corrected chi connectivity index (χ3v) is 3.05. The van der Waals surface area contributed by atoms with Gasteiger partial charge >= 0.3 is 5.97 Å². The van der Waals surface area contributed by atoms with Crippen LogP contribution in [-0.4, -0.2) is 35.7 Å². The van der Waals surface area contributed by atoms with Gasteiger partial charge in [-0.3, -0.25) is 4.79 Å². The second-order valence-electron chi connectivity index (χ2n) is 4.41. The Morgan fingerprint density at radius 2 is 2.00 bits per heavy atom. The van der Waals surface area contributed by atoms with E-state index in [4.69, 9.17) is 19.1 Å². The molecule has 0 radical (unpaired) electrons. The van der Waals surface area contributed by atoms with Crippen molar-refractivity contribution in [2.24, 2.45) is 0 Å². The van der Waals surface area contributed by atoms with Crippen molar-refractivity contribution >= 4 is 12.3 Å². The van der Waals surface area contributed by atoms with Crippen molar-refractivity contribution in [1.29, 1.82) is 0 Å². The number of benzene rings is 1. The van der Waals surface area contributed by atoms with Gasteiger partial charge in [-0.25, -0.2) is 4.79 Å². The van der Waals surface area contributed by atoms with E-state index in [0.29, 0.717) is 54.2 Å². The Labute approximate surface area is 119 Å². The molecular formula is C14H11NO6. The number of fused-ring (bicyclic) bond motifs is 1. The second kappa shape index (κ2) is 5.28. The van der Waals surface area contributed by atoms with Gasteiger partial charge in [0, 0.05) is 18.1 Å². The predicted molar refractivity (Wildman–Crippen MR) is 69.9 cm³/mol. The molecule has 0 saturated carbocycles. The minimum atomic E-state index is -1.21. The van der Waals surface area contributed by atoms with Crippen molar-refractivity contribution < 1.29 is 28.7 Å². The number of ether oxygens (including phenoxy) is 2. The van der Waals surface area contributed by atoms with Crippen LogP contribution in [0, 0.1) is 0 Å². The molecule has 0 spiro atoms. The first kappa shape index (κ1) is 13.2. The maximum absolute atomic E-state index is 11.1. The molecular weight excluding hydrogens is 278 g/mol.